The number of hydrogen-bond acceptors (Lipinski definition) is 4. The van der Waals surface area contributed by atoms with Crippen LogP contribution in [0.1, 0.15) is 103 Å². The molecule has 352 valence electrons. The Morgan fingerprint density at radius 2 is 1.19 bits per heavy atom. The molecule has 10 rings (SSSR count). The molecule has 7 aromatic carbocycles. The molecule has 0 saturated heterocycles. The second-order valence-corrected chi connectivity index (χ2v) is 20.8. The van der Waals surface area contributed by atoms with Crippen LogP contribution in [0.5, 0.6) is 11.5 Å². The molecule has 5 nitrogen and oxygen atoms in total. The van der Waals surface area contributed by atoms with E-state index in [0.29, 0.717) is 17.1 Å². The number of ether oxygens (including phenoxy) is 1. The van der Waals surface area contributed by atoms with Crippen LogP contribution in [0.25, 0.3) is 49.9 Å². The summed E-state index contributed by atoms with van der Waals surface area (Å²) in [5.41, 5.74) is 14.2. The van der Waals surface area contributed by atoms with Crippen molar-refractivity contribution in [3.8, 4) is 39.6 Å². The molecule has 0 aliphatic carbocycles. The van der Waals surface area contributed by atoms with Crippen molar-refractivity contribution in [1.82, 2.24) is 9.55 Å². The third-order valence-corrected chi connectivity index (χ3v) is 13.2. The van der Waals surface area contributed by atoms with E-state index in [4.69, 9.17) is 9.72 Å². The van der Waals surface area contributed by atoms with Gasteiger partial charge in [-0.15, -0.1) is 53.6 Å². The summed E-state index contributed by atoms with van der Waals surface area (Å²) in [6.07, 6.45) is 1.82. The number of benzene rings is 7. The van der Waals surface area contributed by atoms with Gasteiger partial charge in [-0.05, 0) is 110 Å². The fourth-order valence-electron chi connectivity index (χ4n) is 9.49. The van der Waals surface area contributed by atoms with Gasteiger partial charge in [-0.1, -0.05) is 148 Å². The maximum atomic E-state index is 15.4. The van der Waals surface area contributed by atoms with E-state index < -0.39 is 0 Å². The molecule has 69 heavy (non-hydrogen) atoms. The molecule has 0 bridgehead atoms. The van der Waals surface area contributed by atoms with Crippen LogP contribution >= 0.6 is 0 Å². The molecule has 0 saturated carbocycles. The minimum absolute atomic E-state index is 0. The third-order valence-electron chi connectivity index (χ3n) is 13.2. The minimum atomic E-state index is -0.224. The summed E-state index contributed by atoms with van der Waals surface area (Å²) in [5.74, 6) is 2.02. The standard InChI is InChI=1S/C62H58FN4O.Pt/c1-39(2)52-33-43(49-19-11-13-21-54(49)63)34-53(40(3)4)60(52)66-38-65(56-23-15-16-24-57(56)66)46-31-42(41-29-44(61(5,6)7)35-45(30-41)62(8,9)10)32-48(36-46)68-47-26-27-51-50-20-12-14-22-55(50)67(58(51)37-47)59-25-17-18-28-64-59;/h11-35,38-40H,1-10H3;/q-3;. The van der Waals surface area contributed by atoms with Crippen LogP contribution in [0.4, 0.5) is 27.1 Å². The van der Waals surface area contributed by atoms with Crippen LogP contribution in [0, 0.1) is 24.6 Å². The van der Waals surface area contributed by atoms with Crippen molar-refractivity contribution in [2.24, 2.45) is 0 Å². The van der Waals surface area contributed by atoms with E-state index in [9.17, 15) is 0 Å². The fourth-order valence-corrected chi connectivity index (χ4v) is 9.49. The van der Waals surface area contributed by atoms with Crippen molar-refractivity contribution in [2.45, 2.75) is 91.9 Å². The van der Waals surface area contributed by atoms with E-state index in [1.165, 1.54) is 11.1 Å². The van der Waals surface area contributed by atoms with Crippen molar-refractivity contribution in [3.63, 3.8) is 0 Å². The topological polar surface area (TPSA) is 33.5 Å². The molecule has 3 heterocycles. The Kier molecular flexibility index (Phi) is 12.7. The molecule has 0 unspecified atom stereocenters. The van der Waals surface area contributed by atoms with Gasteiger partial charge in [-0.25, -0.2) is 9.37 Å². The van der Waals surface area contributed by atoms with Gasteiger partial charge in [-0.2, -0.15) is 6.07 Å². The quantitative estimate of drug-likeness (QED) is 0.135. The van der Waals surface area contributed by atoms with Crippen LogP contribution in [-0.2, 0) is 31.9 Å². The van der Waals surface area contributed by atoms with E-state index in [2.05, 4.69) is 199 Å². The molecule has 2 aromatic heterocycles. The van der Waals surface area contributed by atoms with Crippen molar-refractivity contribution in [2.75, 3.05) is 9.80 Å². The Morgan fingerprint density at radius 1 is 0.580 bits per heavy atom. The second-order valence-electron chi connectivity index (χ2n) is 20.8. The van der Waals surface area contributed by atoms with E-state index in [1.54, 1.807) is 12.1 Å². The van der Waals surface area contributed by atoms with Gasteiger partial charge in [0.2, 0.25) is 0 Å². The van der Waals surface area contributed by atoms with E-state index in [0.717, 1.165) is 78.2 Å². The Labute approximate surface area is 421 Å². The smallest absolute Gasteiger partial charge is 0.135 e. The normalized spacial score (nSPS) is 12.9. The molecule has 0 radical (unpaired) electrons. The summed E-state index contributed by atoms with van der Waals surface area (Å²) in [7, 11) is 0. The molecule has 0 atom stereocenters. The van der Waals surface area contributed by atoms with Gasteiger partial charge in [0.1, 0.15) is 11.6 Å². The van der Waals surface area contributed by atoms with Gasteiger partial charge < -0.3 is 19.1 Å². The molecular formula is C62H58FN4OPt-3. The Hall–Kier alpha value is -6.49. The second kappa shape index (κ2) is 18.4. The van der Waals surface area contributed by atoms with Gasteiger partial charge in [0.05, 0.1) is 0 Å². The molecule has 0 fully saturated rings. The minimum Gasteiger partial charge on any atom is -0.509 e. The zero-order valence-corrected chi connectivity index (χ0v) is 43.3. The number of fused-ring (bicyclic) bond motifs is 4. The van der Waals surface area contributed by atoms with Crippen LogP contribution < -0.4 is 14.5 Å². The van der Waals surface area contributed by atoms with E-state index in [-0.39, 0.29) is 49.5 Å². The zero-order valence-electron chi connectivity index (χ0n) is 41.1. The predicted octanol–water partition coefficient (Wildman–Crippen LogP) is 17.3. The van der Waals surface area contributed by atoms with Crippen LogP contribution in [0.15, 0.2) is 152 Å². The number of halogens is 1. The molecule has 7 heteroatoms. The Balaban J connectivity index is 0.00000593. The molecule has 1 aliphatic rings. The van der Waals surface area contributed by atoms with E-state index >= 15 is 4.39 Å². The van der Waals surface area contributed by atoms with E-state index in [1.807, 2.05) is 42.6 Å². The molecule has 1 aliphatic heterocycles. The van der Waals surface area contributed by atoms with Crippen molar-refractivity contribution in [3.05, 3.63) is 199 Å². The molecule has 0 spiro atoms. The van der Waals surface area contributed by atoms with Gasteiger partial charge in [-0.3, -0.25) is 0 Å². The van der Waals surface area contributed by atoms with Crippen LogP contribution in [0.3, 0.4) is 0 Å². The summed E-state index contributed by atoms with van der Waals surface area (Å²) >= 11 is 0. The summed E-state index contributed by atoms with van der Waals surface area (Å²) in [6.45, 7) is 24.7. The average molecular weight is 1090 g/mol. The summed E-state index contributed by atoms with van der Waals surface area (Å²) < 4.78 is 24.5. The van der Waals surface area contributed by atoms with Gasteiger partial charge in [0, 0.05) is 66.9 Å². The first-order valence-corrected chi connectivity index (χ1v) is 23.8. The number of anilines is 4. The summed E-state index contributed by atoms with van der Waals surface area (Å²) in [5, 5.41) is 2.19. The molecule has 9 aromatic rings. The fraction of sp³-hybridized carbons (Fsp3) is 0.226. The summed E-state index contributed by atoms with van der Waals surface area (Å²) in [4.78, 5) is 9.30. The Bertz CT molecular complexity index is 3300. The number of pyridine rings is 1. The number of para-hydroxylation sites is 3. The maximum Gasteiger partial charge on any atom is 0.135 e. The molecule has 0 amide bonds. The molecule has 0 N–H and O–H groups in total. The first-order chi connectivity index (χ1) is 32.5. The third kappa shape index (κ3) is 9.01. The summed E-state index contributed by atoms with van der Waals surface area (Å²) in [6, 6.07) is 57.2. The SMILES string of the molecule is CC(C)c1cc(-c2ccccc2F)cc(C(C)C)c1N1[CH-]N(c2[c-]c(Oc3[c-]c4c(cc3)c3ccccc3n4-c3ccccn3)cc(-c3cc(C(C)(C)C)cc(C(C)(C)C)c3)c2)c2ccccc21.[Pt]. The average Bonchev–Trinajstić information content (AvgIpc) is 3.86. The number of nitrogens with zero attached hydrogens (tertiary/aromatic N) is 4. The number of aromatic nitrogens is 2. The van der Waals surface area contributed by atoms with Crippen LogP contribution in [-0.4, -0.2) is 9.55 Å². The largest absolute Gasteiger partial charge is 0.509 e. The van der Waals surface area contributed by atoms with Crippen molar-refractivity contribution in [1.29, 1.82) is 0 Å². The van der Waals surface area contributed by atoms with Crippen molar-refractivity contribution < 1.29 is 30.2 Å². The van der Waals surface area contributed by atoms with Gasteiger partial charge in [0.25, 0.3) is 0 Å². The van der Waals surface area contributed by atoms with Gasteiger partial charge >= 0.3 is 0 Å². The number of hydrogen-bond donors (Lipinski definition) is 0. The van der Waals surface area contributed by atoms with Crippen molar-refractivity contribution >= 4 is 44.6 Å². The Morgan fingerprint density at radius 3 is 1.83 bits per heavy atom. The van der Waals surface area contributed by atoms with Crippen LogP contribution in [0.2, 0.25) is 0 Å². The zero-order chi connectivity index (χ0) is 47.6. The monoisotopic (exact) mass is 1090 g/mol. The first kappa shape index (κ1) is 47.6. The first-order valence-electron chi connectivity index (χ1n) is 23.8. The maximum absolute atomic E-state index is 15.4. The predicted molar refractivity (Wildman–Crippen MR) is 281 cm³/mol. The number of rotatable bonds is 9. The molecular weight excluding hydrogens is 1030 g/mol. The van der Waals surface area contributed by atoms with Gasteiger partial charge in [0.15, 0.2) is 0 Å².